The molecule has 1 saturated heterocycles. The molecular formula is C15H29NO. The van der Waals surface area contributed by atoms with E-state index in [1.54, 1.807) is 6.92 Å². The van der Waals surface area contributed by atoms with Gasteiger partial charge in [-0.1, -0.05) is 27.7 Å². The molecule has 0 aromatic rings. The van der Waals surface area contributed by atoms with Crippen LogP contribution in [-0.2, 0) is 4.79 Å². The predicted octanol–water partition coefficient (Wildman–Crippen LogP) is 3.71. The maximum atomic E-state index is 11.2. The van der Waals surface area contributed by atoms with Crippen molar-refractivity contribution in [1.82, 2.24) is 4.90 Å². The highest BCUT2D eigenvalue weighted by molar-refractivity contribution is 5.73. The third kappa shape index (κ3) is 3.23. The van der Waals surface area contributed by atoms with E-state index >= 15 is 0 Å². The van der Waals surface area contributed by atoms with Gasteiger partial charge in [0.2, 0.25) is 5.91 Å². The number of hydrogen-bond acceptors (Lipinski definition) is 1. The standard InChI is InChI=1S/C13H23NO.C2H6/c1-10(2)12-8-13(9-12)4-6-14(7-5-13)11(3)15;1-2/h10,12H,4-9H2,1-3H3;1-2H3. The van der Waals surface area contributed by atoms with Crippen molar-refractivity contribution in [2.75, 3.05) is 13.1 Å². The third-order valence-electron chi connectivity index (χ3n) is 4.60. The lowest BCUT2D eigenvalue weighted by Gasteiger charge is -2.53. The number of piperidine rings is 1. The summed E-state index contributed by atoms with van der Waals surface area (Å²) in [6, 6.07) is 0. The summed E-state index contributed by atoms with van der Waals surface area (Å²) in [4.78, 5) is 13.2. The number of nitrogens with zero attached hydrogens (tertiary/aromatic N) is 1. The quantitative estimate of drug-likeness (QED) is 0.683. The Kier molecular flexibility index (Phi) is 5.03. The van der Waals surface area contributed by atoms with Crippen molar-refractivity contribution in [3.63, 3.8) is 0 Å². The van der Waals surface area contributed by atoms with E-state index in [-0.39, 0.29) is 5.91 Å². The molecule has 2 heteroatoms. The van der Waals surface area contributed by atoms with Crippen LogP contribution in [0.25, 0.3) is 0 Å². The van der Waals surface area contributed by atoms with Crippen LogP contribution in [0.15, 0.2) is 0 Å². The molecule has 1 amide bonds. The smallest absolute Gasteiger partial charge is 0.219 e. The maximum Gasteiger partial charge on any atom is 0.219 e. The molecule has 100 valence electrons. The highest BCUT2D eigenvalue weighted by Gasteiger charge is 2.46. The van der Waals surface area contributed by atoms with Gasteiger partial charge in [0.15, 0.2) is 0 Å². The molecule has 2 fully saturated rings. The summed E-state index contributed by atoms with van der Waals surface area (Å²) in [5.74, 6) is 2.06. The van der Waals surface area contributed by atoms with Crippen LogP contribution in [0.1, 0.15) is 60.3 Å². The van der Waals surface area contributed by atoms with Crippen LogP contribution < -0.4 is 0 Å². The van der Waals surface area contributed by atoms with Crippen LogP contribution in [0.4, 0.5) is 0 Å². The van der Waals surface area contributed by atoms with Crippen LogP contribution in [0.5, 0.6) is 0 Å². The van der Waals surface area contributed by atoms with Gasteiger partial charge in [0.1, 0.15) is 0 Å². The van der Waals surface area contributed by atoms with Crippen LogP contribution in [0.2, 0.25) is 0 Å². The van der Waals surface area contributed by atoms with Gasteiger partial charge in [-0.3, -0.25) is 4.79 Å². The van der Waals surface area contributed by atoms with E-state index in [1.165, 1.54) is 25.7 Å². The molecule has 1 aliphatic heterocycles. The van der Waals surface area contributed by atoms with E-state index in [2.05, 4.69) is 13.8 Å². The summed E-state index contributed by atoms with van der Waals surface area (Å²) in [5, 5.41) is 0. The Balaban J connectivity index is 0.000000686. The van der Waals surface area contributed by atoms with E-state index in [9.17, 15) is 4.79 Å². The Morgan fingerprint density at radius 3 is 2.00 bits per heavy atom. The Hall–Kier alpha value is -0.530. The molecule has 0 unspecified atom stereocenters. The van der Waals surface area contributed by atoms with Gasteiger partial charge in [-0.15, -0.1) is 0 Å². The lowest BCUT2D eigenvalue weighted by Crippen LogP contribution is -2.49. The average molecular weight is 239 g/mol. The van der Waals surface area contributed by atoms with Crippen molar-refractivity contribution < 1.29 is 4.79 Å². The molecule has 1 heterocycles. The summed E-state index contributed by atoms with van der Waals surface area (Å²) in [5.41, 5.74) is 0.626. The van der Waals surface area contributed by atoms with Gasteiger partial charge < -0.3 is 4.90 Å². The first-order chi connectivity index (χ1) is 8.02. The van der Waals surface area contributed by atoms with Crippen molar-refractivity contribution in [2.45, 2.75) is 60.3 Å². The summed E-state index contributed by atoms with van der Waals surface area (Å²) in [6.07, 6.45) is 5.32. The minimum absolute atomic E-state index is 0.254. The van der Waals surface area contributed by atoms with E-state index in [1.807, 2.05) is 18.7 Å². The topological polar surface area (TPSA) is 20.3 Å². The Labute approximate surface area is 107 Å². The van der Waals surface area contributed by atoms with Crippen molar-refractivity contribution >= 4 is 5.91 Å². The molecule has 0 N–H and O–H groups in total. The highest BCUT2D eigenvalue weighted by Crippen LogP contribution is 2.54. The fourth-order valence-electron chi connectivity index (χ4n) is 3.23. The minimum Gasteiger partial charge on any atom is -0.343 e. The fourth-order valence-corrected chi connectivity index (χ4v) is 3.23. The number of likely N-dealkylation sites (tertiary alicyclic amines) is 1. The van der Waals surface area contributed by atoms with Gasteiger partial charge >= 0.3 is 0 Å². The van der Waals surface area contributed by atoms with Gasteiger partial charge in [0, 0.05) is 20.0 Å². The number of carbonyl (C=O) groups is 1. The molecule has 2 rings (SSSR count). The summed E-state index contributed by atoms with van der Waals surface area (Å²) in [6.45, 7) is 12.4. The van der Waals surface area contributed by atoms with Crippen LogP contribution in [-0.4, -0.2) is 23.9 Å². The average Bonchev–Trinajstić information content (AvgIpc) is 2.28. The first-order valence-electron chi connectivity index (χ1n) is 7.28. The number of rotatable bonds is 1. The lowest BCUT2D eigenvalue weighted by atomic mass is 9.55. The molecule has 0 aromatic carbocycles. The largest absolute Gasteiger partial charge is 0.343 e. The molecule has 1 saturated carbocycles. The molecule has 1 aliphatic carbocycles. The zero-order chi connectivity index (χ0) is 13.1. The third-order valence-corrected chi connectivity index (χ3v) is 4.60. The maximum absolute atomic E-state index is 11.2. The van der Waals surface area contributed by atoms with Gasteiger partial charge in [-0.25, -0.2) is 0 Å². The molecule has 0 atom stereocenters. The Morgan fingerprint density at radius 1 is 1.18 bits per heavy atom. The summed E-state index contributed by atoms with van der Waals surface area (Å²) in [7, 11) is 0. The number of amides is 1. The molecule has 0 aromatic heterocycles. The zero-order valence-electron chi connectivity index (χ0n) is 12.3. The molecule has 2 nitrogen and oxygen atoms in total. The van der Waals surface area contributed by atoms with E-state index in [0.29, 0.717) is 5.41 Å². The highest BCUT2D eigenvalue weighted by atomic mass is 16.2. The van der Waals surface area contributed by atoms with Crippen LogP contribution >= 0.6 is 0 Å². The molecule has 17 heavy (non-hydrogen) atoms. The van der Waals surface area contributed by atoms with Crippen molar-refractivity contribution in [3.05, 3.63) is 0 Å². The lowest BCUT2D eigenvalue weighted by molar-refractivity contribution is -0.133. The number of hydrogen-bond donors (Lipinski definition) is 0. The van der Waals surface area contributed by atoms with Crippen molar-refractivity contribution in [1.29, 1.82) is 0 Å². The monoisotopic (exact) mass is 239 g/mol. The second-order valence-corrected chi connectivity index (χ2v) is 5.92. The first-order valence-corrected chi connectivity index (χ1v) is 7.28. The van der Waals surface area contributed by atoms with Crippen LogP contribution in [0, 0.1) is 17.3 Å². The second kappa shape index (κ2) is 5.88. The van der Waals surface area contributed by atoms with Gasteiger partial charge in [-0.2, -0.15) is 0 Å². The van der Waals surface area contributed by atoms with E-state index < -0.39 is 0 Å². The van der Waals surface area contributed by atoms with Crippen LogP contribution in [0.3, 0.4) is 0 Å². The SMILES string of the molecule is CC.CC(=O)N1CCC2(CC1)CC(C(C)C)C2. The van der Waals surface area contributed by atoms with Crippen molar-refractivity contribution in [3.8, 4) is 0 Å². The normalized spacial score (nSPS) is 23.1. The van der Waals surface area contributed by atoms with Crippen molar-refractivity contribution in [2.24, 2.45) is 17.3 Å². The van der Waals surface area contributed by atoms with Gasteiger partial charge in [-0.05, 0) is 42.9 Å². The number of carbonyl (C=O) groups excluding carboxylic acids is 1. The summed E-state index contributed by atoms with van der Waals surface area (Å²) >= 11 is 0. The molecule has 0 radical (unpaired) electrons. The van der Waals surface area contributed by atoms with Gasteiger partial charge in [0.25, 0.3) is 0 Å². The molecule has 2 aliphatic rings. The van der Waals surface area contributed by atoms with E-state index in [4.69, 9.17) is 0 Å². The molecule has 1 spiro atoms. The molecular weight excluding hydrogens is 210 g/mol. The molecule has 0 bridgehead atoms. The summed E-state index contributed by atoms with van der Waals surface area (Å²) < 4.78 is 0. The Bertz CT molecular complexity index is 244. The van der Waals surface area contributed by atoms with Gasteiger partial charge in [0.05, 0.1) is 0 Å². The second-order valence-electron chi connectivity index (χ2n) is 5.92. The fraction of sp³-hybridized carbons (Fsp3) is 0.933. The predicted molar refractivity (Wildman–Crippen MR) is 72.8 cm³/mol. The minimum atomic E-state index is 0.254. The first kappa shape index (κ1) is 14.5. The van der Waals surface area contributed by atoms with E-state index in [0.717, 1.165) is 24.9 Å². The Morgan fingerprint density at radius 2 is 1.65 bits per heavy atom. The zero-order valence-corrected chi connectivity index (χ0v) is 12.3.